The molecule has 1 aliphatic heterocycles. The molecule has 1 aliphatic rings. The molecule has 0 aliphatic carbocycles. The maximum atomic E-state index is 12.8. The molecule has 1 saturated heterocycles. The van der Waals surface area contributed by atoms with Gasteiger partial charge in [0.15, 0.2) is 0 Å². The number of carbonyl (C=O) groups is 1. The van der Waals surface area contributed by atoms with E-state index < -0.39 is 0 Å². The number of carbonyl (C=O) groups excluding carboxylic acids is 1. The number of ether oxygens (including phenoxy) is 1. The molecule has 0 radical (unpaired) electrons. The number of aryl methyl sites for hydroxylation is 1. The third-order valence-corrected chi connectivity index (χ3v) is 5.62. The number of hydrogen-bond acceptors (Lipinski definition) is 5. The topological polar surface area (TPSA) is 42.4 Å². The number of aromatic nitrogens is 1. The first-order chi connectivity index (χ1) is 11.1. The fourth-order valence-corrected chi connectivity index (χ4v) is 4.22. The molecule has 1 unspecified atom stereocenters. The Kier molecular flexibility index (Phi) is 5.35. The first kappa shape index (κ1) is 16.5. The molecule has 122 valence electrons. The van der Waals surface area contributed by atoms with Gasteiger partial charge in [0.25, 0.3) is 5.91 Å². The van der Waals surface area contributed by atoms with Crippen molar-refractivity contribution in [2.75, 3.05) is 19.7 Å². The summed E-state index contributed by atoms with van der Waals surface area (Å²) in [4.78, 5) is 20.2. The zero-order chi connectivity index (χ0) is 16.2. The number of morpholine rings is 1. The monoisotopic (exact) mass is 348 g/mol. The highest BCUT2D eigenvalue weighted by Crippen LogP contribution is 2.28. The van der Waals surface area contributed by atoms with E-state index in [4.69, 9.17) is 4.74 Å². The highest BCUT2D eigenvalue weighted by molar-refractivity contribution is 7.98. The second-order valence-corrected chi connectivity index (χ2v) is 7.65. The number of benzene rings is 1. The van der Waals surface area contributed by atoms with Crippen molar-refractivity contribution in [3.05, 3.63) is 45.9 Å². The lowest BCUT2D eigenvalue weighted by Gasteiger charge is -2.31. The maximum absolute atomic E-state index is 12.8. The van der Waals surface area contributed by atoms with Crippen molar-refractivity contribution in [3.63, 3.8) is 0 Å². The highest BCUT2D eigenvalue weighted by atomic mass is 32.2. The molecule has 23 heavy (non-hydrogen) atoms. The van der Waals surface area contributed by atoms with Gasteiger partial charge in [0.2, 0.25) is 0 Å². The van der Waals surface area contributed by atoms with Crippen LogP contribution in [0.25, 0.3) is 0 Å². The van der Waals surface area contributed by atoms with Crippen LogP contribution in [0, 0.1) is 6.92 Å². The van der Waals surface area contributed by atoms with E-state index >= 15 is 0 Å². The number of thiazole rings is 1. The van der Waals surface area contributed by atoms with E-state index in [0.717, 1.165) is 26.9 Å². The van der Waals surface area contributed by atoms with Gasteiger partial charge in [0.05, 0.1) is 29.0 Å². The summed E-state index contributed by atoms with van der Waals surface area (Å²) in [5.74, 6) is 0.881. The van der Waals surface area contributed by atoms with Crippen LogP contribution in [0.2, 0.25) is 0 Å². The molecule has 1 atom stereocenters. The average molecular weight is 348 g/mol. The minimum Gasteiger partial charge on any atom is -0.375 e. The summed E-state index contributed by atoms with van der Waals surface area (Å²) in [6, 6.07) is 7.83. The molecule has 2 aromatic rings. The summed E-state index contributed by atoms with van der Waals surface area (Å²) in [6.07, 6.45) is 0.102. The second-order valence-electron chi connectivity index (χ2n) is 5.58. The normalized spacial score (nSPS) is 18.2. The molecule has 0 spiro atoms. The molecule has 1 aromatic carbocycles. The Bertz CT molecular complexity index is 687. The van der Waals surface area contributed by atoms with E-state index in [1.165, 1.54) is 0 Å². The van der Waals surface area contributed by atoms with Gasteiger partial charge >= 0.3 is 0 Å². The second kappa shape index (κ2) is 7.47. The lowest BCUT2D eigenvalue weighted by atomic mass is 10.2. The van der Waals surface area contributed by atoms with Crippen LogP contribution in [-0.2, 0) is 10.5 Å². The number of hydrogen-bond donors (Lipinski definition) is 0. The number of amides is 1. The van der Waals surface area contributed by atoms with Gasteiger partial charge in [-0.25, -0.2) is 4.98 Å². The largest absolute Gasteiger partial charge is 0.375 e. The Hall–Kier alpha value is -1.37. The lowest BCUT2D eigenvalue weighted by molar-refractivity contribution is -0.0125. The molecule has 4 nitrogen and oxygen atoms in total. The molecule has 2 heterocycles. The van der Waals surface area contributed by atoms with Gasteiger partial charge in [0, 0.05) is 29.1 Å². The Labute approximate surface area is 144 Å². The van der Waals surface area contributed by atoms with Crippen LogP contribution in [0.4, 0.5) is 0 Å². The van der Waals surface area contributed by atoms with E-state index in [1.54, 1.807) is 23.1 Å². The molecule has 0 bridgehead atoms. The Morgan fingerprint density at radius 1 is 1.48 bits per heavy atom. The van der Waals surface area contributed by atoms with E-state index in [9.17, 15) is 4.79 Å². The summed E-state index contributed by atoms with van der Waals surface area (Å²) in [7, 11) is 0. The first-order valence-corrected chi connectivity index (χ1v) is 9.53. The summed E-state index contributed by atoms with van der Waals surface area (Å²) in [6.45, 7) is 5.94. The standard InChI is InChI=1S/C17H20N2O2S2/c1-12-9-19(7-8-21-12)17(20)15-5-3-4-6-16(15)23-11-14-10-22-13(2)18-14/h3-6,10,12H,7-9,11H2,1-2H3. The van der Waals surface area contributed by atoms with Crippen molar-refractivity contribution in [3.8, 4) is 0 Å². The number of nitrogens with zero attached hydrogens (tertiary/aromatic N) is 2. The summed E-state index contributed by atoms with van der Waals surface area (Å²) >= 11 is 3.33. The van der Waals surface area contributed by atoms with E-state index in [2.05, 4.69) is 10.4 Å². The van der Waals surface area contributed by atoms with E-state index in [-0.39, 0.29) is 12.0 Å². The first-order valence-electron chi connectivity index (χ1n) is 7.67. The van der Waals surface area contributed by atoms with E-state index in [0.29, 0.717) is 19.7 Å². The zero-order valence-corrected chi connectivity index (χ0v) is 15.0. The van der Waals surface area contributed by atoms with Crippen LogP contribution in [0.3, 0.4) is 0 Å². The van der Waals surface area contributed by atoms with Crippen molar-refractivity contribution in [1.82, 2.24) is 9.88 Å². The van der Waals surface area contributed by atoms with Gasteiger partial charge in [0.1, 0.15) is 0 Å². The van der Waals surface area contributed by atoms with Gasteiger partial charge in [-0.3, -0.25) is 4.79 Å². The highest BCUT2D eigenvalue weighted by Gasteiger charge is 2.24. The average Bonchev–Trinajstić information content (AvgIpc) is 2.98. The Morgan fingerprint density at radius 3 is 3.04 bits per heavy atom. The van der Waals surface area contributed by atoms with Crippen molar-refractivity contribution in [1.29, 1.82) is 0 Å². The summed E-state index contributed by atoms with van der Waals surface area (Å²) in [5.41, 5.74) is 1.85. The zero-order valence-electron chi connectivity index (χ0n) is 13.3. The van der Waals surface area contributed by atoms with Gasteiger partial charge in [-0.15, -0.1) is 23.1 Å². The van der Waals surface area contributed by atoms with Gasteiger partial charge in [-0.1, -0.05) is 12.1 Å². The summed E-state index contributed by atoms with van der Waals surface area (Å²) < 4.78 is 5.53. The smallest absolute Gasteiger partial charge is 0.255 e. The van der Waals surface area contributed by atoms with Crippen LogP contribution >= 0.6 is 23.1 Å². The van der Waals surface area contributed by atoms with Crippen LogP contribution in [0.15, 0.2) is 34.5 Å². The van der Waals surface area contributed by atoms with Crippen molar-refractivity contribution in [2.45, 2.75) is 30.6 Å². The quantitative estimate of drug-likeness (QED) is 0.792. The van der Waals surface area contributed by atoms with Gasteiger partial charge < -0.3 is 9.64 Å². The number of thioether (sulfide) groups is 1. The lowest BCUT2D eigenvalue weighted by Crippen LogP contribution is -2.44. The van der Waals surface area contributed by atoms with Gasteiger partial charge in [-0.05, 0) is 26.0 Å². The maximum Gasteiger partial charge on any atom is 0.255 e. The third kappa shape index (κ3) is 4.13. The molecule has 1 aromatic heterocycles. The number of rotatable bonds is 4. The van der Waals surface area contributed by atoms with Crippen molar-refractivity contribution >= 4 is 29.0 Å². The van der Waals surface area contributed by atoms with Crippen LogP contribution in [0.1, 0.15) is 28.0 Å². The molecule has 0 N–H and O–H groups in total. The van der Waals surface area contributed by atoms with E-state index in [1.807, 2.05) is 43.0 Å². The van der Waals surface area contributed by atoms with Gasteiger partial charge in [-0.2, -0.15) is 0 Å². The third-order valence-electron chi connectivity index (χ3n) is 3.69. The van der Waals surface area contributed by atoms with Crippen LogP contribution < -0.4 is 0 Å². The summed E-state index contributed by atoms with van der Waals surface area (Å²) in [5, 5.41) is 3.16. The molecule has 1 amide bonds. The Morgan fingerprint density at radius 2 is 2.30 bits per heavy atom. The fourth-order valence-electron chi connectivity index (χ4n) is 2.57. The molecule has 3 rings (SSSR count). The SMILES string of the molecule is Cc1nc(CSc2ccccc2C(=O)N2CCOC(C)C2)cs1. The predicted octanol–water partition coefficient (Wildman–Crippen LogP) is 3.60. The van der Waals surface area contributed by atoms with Crippen molar-refractivity contribution < 1.29 is 9.53 Å². The molecular formula is C17H20N2O2S2. The molecule has 1 fully saturated rings. The Balaban J connectivity index is 1.73. The van der Waals surface area contributed by atoms with Crippen molar-refractivity contribution in [2.24, 2.45) is 0 Å². The van der Waals surface area contributed by atoms with Crippen LogP contribution in [-0.4, -0.2) is 41.6 Å². The predicted molar refractivity (Wildman–Crippen MR) is 94.2 cm³/mol. The molecular weight excluding hydrogens is 328 g/mol. The fraction of sp³-hybridized carbons (Fsp3) is 0.412. The minimum atomic E-state index is 0.0951. The molecule has 0 saturated carbocycles. The minimum absolute atomic E-state index is 0.0951. The molecule has 6 heteroatoms. The van der Waals surface area contributed by atoms with Crippen LogP contribution in [0.5, 0.6) is 0 Å².